The second-order valence-electron chi connectivity index (χ2n) is 3.51. The summed E-state index contributed by atoms with van der Waals surface area (Å²) in [5.74, 6) is 2.09. The molecule has 0 aliphatic carbocycles. The number of benzene rings is 2. The fourth-order valence-corrected chi connectivity index (χ4v) is 1.95. The molecule has 0 radical (unpaired) electrons. The fourth-order valence-electron chi connectivity index (χ4n) is 1.95. The van der Waals surface area contributed by atoms with Gasteiger partial charge in [0.2, 0.25) is 0 Å². The number of hydrogen-bond donors (Lipinski definition) is 0. The summed E-state index contributed by atoms with van der Waals surface area (Å²) in [4.78, 5) is 0. The zero-order valence-corrected chi connectivity index (χ0v) is 7.77. The van der Waals surface area contributed by atoms with Crippen LogP contribution in [0.15, 0.2) is 48.4 Å². The molecule has 14 heavy (non-hydrogen) atoms. The first-order valence-electron chi connectivity index (χ1n) is 4.82. The van der Waals surface area contributed by atoms with Crippen LogP contribution in [0.1, 0.15) is 0 Å². The van der Waals surface area contributed by atoms with Crippen molar-refractivity contribution in [2.24, 2.45) is 0 Å². The van der Waals surface area contributed by atoms with Gasteiger partial charge in [0.25, 0.3) is 0 Å². The first kappa shape index (κ1) is 7.93. The van der Waals surface area contributed by atoms with E-state index in [2.05, 4.69) is 62.0 Å². The van der Waals surface area contributed by atoms with Gasteiger partial charge in [0.15, 0.2) is 0 Å². The van der Waals surface area contributed by atoms with Crippen molar-refractivity contribution in [3.63, 3.8) is 0 Å². The molecule has 1 heterocycles. The molecule has 3 aromatic rings. The van der Waals surface area contributed by atoms with Gasteiger partial charge in [-0.1, -0.05) is 0 Å². The molecular formula is C12H8B2. The molecule has 0 atom stereocenters. The van der Waals surface area contributed by atoms with Crippen LogP contribution in [0.25, 0.3) is 21.4 Å². The van der Waals surface area contributed by atoms with Crippen molar-refractivity contribution >= 4 is 35.0 Å². The maximum absolute atomic E-state index is 2.18. The Kier molecular flexibility index (Phi) is 1.73. The summed E-state index contributed by atoms with van der Waals surface area (Å²) in [5, 5.41) is 5.30. The van der Waals surface area contributed by atoms with E-state index < -0.39 is 0 Å². The predicted octanol–water partition coefficient (Wildman–Crippen LogP) is 2.67. The molecule has 0 saturated carbocycles. The molecule has 62 valence electrons. The molecule has 0 nitrogen and oxygen atoms in total. The average molecular weight is 174 g/mol. The Morgan fingerprint density at radius 2 is 1.71 bits per heavy atom. The van der Waals surface area contributed by atoms with Gasteiger partial charge in [0.05, 0.1) is 0 Å². The normalized spacial score (nSPS) is 10.3. The second kappa shape index (κ2) is 3.05. The molecule has 0 unspecified atom stereocenters. The molecule has 2 heteroatoms. The van der Waals surface area contributed by atoms with Gasteiger partial charge >= 0.3 is 83.5 Å². The minimum atomic E-state index is 1.31. The minimum absolute atomic E-state index is 1.31. The number of rotatable bonds is 0. The summed E-state index contributed by atoms with van der Waals surface area (Å²) in [6, 6.07) is 15.0. The van der Waals surface area contributed by atoms with E-state index in [1.165, 1.54) is 21.4 Å². The molecule has 1 aromatic heterocycles. The zero-order valence-electron chi connectivity index (χ0n) is 7.77. The van der Waals surface area contributed by atoms with Crippen molar-refractivity contribution in [3.8, 4) is 0 Å². The molecular weight excluding hydrogens is 166 g/mol. The quantitative estimate of drug-likeness (QED) is 0.459. The second-order valence-corrected chi connectivity index (χ2v) is 3.51. The molecule has 0 aliphatic rings. The van der Waals surface area contributed by atoms with E-state index in [1.807, 2.05) is 0 Å². The van der Waals surface area contributed by atoms with Crippen molar-refractivity contribution < 1.29 is 0 Å². The van der Waals surface area contributed by atoms with E-state index in [0.717, 1.165) is 0 Å². The van der Waals surface area contributed by atoms with Crippen LogP contribution < -0.4 is 0 Å². The van der Waals surface area contributed by atoms with E-state index in [0.29, 0.717) is 0 Å². The molecule has 0 spiro atoms. The third kappa shape index (κ3) is 1.11. The van der Waals surface area contributed by atoms with Gasteiger partial charge < -0.3 is 0 Å². The Labute approximate surface area is 84.0 Å². The van der Waals surface area contributed by atoms with Crippen molar-refractivity contribution in [2.75, 3.05) is 0 Å². The molecule has 2 aromatic carbocycles. The van der Waals surface area contributed by atoms with Crippen LogP contribution in [-0.4, -0.2) is 13.6 Å². The average Bonchev–Trinajstić information content (AvgIpc) is 2.29. The monoisotopic (exact) mass is 174 g/mol. The Bertz CT molecular complexity index is 547. The topological polar surface area (TPSA) is 0 Å². The van der Waals surface area contributed by atoms with E-state index in [4.69, 9.17) is 0 Å². The van der Waals surface area contributed by atoms with Crippen LogP contribution in [0.4, 0.5) is 0 Å². The van der Waals surface area contributed by atoms with E-state index in [1.54, 1.807) is 0 Å². The van der Waals surface area contributed by atoms with Gasteiger partial charge in [-0.15, -0.1) is 0 Å². The third-order valence-electron chi connectivity index (χ3n) is 2.65. The van der Waals surface area contributed by atoms with Crippen LogP contribution in [0.5, 0.6) is 0 Å². The Hall–Kier alpha value is -1.43. The van der Waals surface area contributed by atoms with E-state index >= 15 is 0 Å². The number of fused-ring (bicyclic) bond motifs is 3. The summed E-state index contributed by atoms with van der Waals surface area (Å²) >= 11 is 0. The van der Waals surface area contributed by atoms with Crippen LogP contribution in [0.2, 0.25) is 0 Å². The fraction of sp³-hybridized carbons (Fsp3) is 0. The molecule has 0 aliphatic heterocycles. The van der Waals surface area contributed by atoms with Gasteiger partial charge in [-0.05, 0) is 0 Å². The summed E-state index contributed by atoms with van der Waals surface area (Å²) in [5.41, 5.74) is 0. The summed E-state index contributed by atoms with van der Waals surface area (Å²) in [6.45, 7) is 4.23. The van der Waals surface area contributed by atoms with Gasteiger partial charge in [0, 0.05) is 0 Å². The van der Waals surface area contributed by atoms with Crippen LogP contribution in [0.3, 0.4) is 0 Å². The maximum atomic E-state index is 2.18. The Morgan fingerprint density at radius 1 is 0.786 bits per heavy atom. The first-order chi connectivity index (χ1) is 6.95. The zero-order chi connectivity index (χ0) is 9.38. The van der Waals surface area contributed by atoms with Crippen molar-refractivity contribution in [1.29, 1.82) is 0 Å². The Balaban J connectivity index is 2.61. The standard InChI is InChI=1S/C12H8B2/c1-2-4-10-9(3-1)5-6-12-11(10)7-8-13-14-12/h1-8H. The first-order valence-corrected chi connectivity index (χ1v) is 4.82. The van der Waals surface area contributed by atoms with Crippen molar-refractivity contribution in [2.45, 2.75) is 0 Å². The van der Waals surface area contributed by atoms with Crippen LogP contribution in [0, 0.1) is 0 Å². The SMILES string of the molecule is b1bc2ccc3ccccc3c2cc1. The van der Waals surface area contributed by atoms with Crippen LogP contribution in [-0.2, 0) is 0 Å². The van der Waals surface area contributed by atoms with Crippen molar-refractivity contribution in [3.05, 3.63) is 48.4 Å². The van der Waals surface area contributed by atoms with Crippen molar-refractivity contribution in [1.82, 2.24) is 0 Å². The Morgan fingerprint density at radius 3 is 2.71 bits per heavy atom. The number of hydrogen-bond acceptors (Lipinski definition) is 0. The summed E-state index contributed by atoms with van der Waals surface area (Å²) < 4.78 is 0. The van der Waals surface area contributed by atoms with E-state index in [-0.39, 0.29) is 0 Å². The van der Waals surface area contributed by atoms with Gasteiger partial charge in [-0.2, -0.15) is 0 Å². The molecule has 0 amide bonds. The molecule has 0 fully saturated rings. The summed E-state index contributed by atoms with van der Waals surface area (Å²) in [6.07, 6.45) is 0. The van der Waals surface area contributed by atoms with E-state index in [9.17, 15) is 0 Å². The molecule has 0 saturated heterocycles. The van der Waals surface area contributed by atoms with Gasteiger partial charge in [0.1, 0.15) is 0 Å². The third-order valence-corrected chi connectivity index (χ3v) is 2.65. The summed E-state index contributed by atoms with van der Waals surface area (Å²) in [7, 11) is 0. The van der Waals surface area contributed by atoms with Gasteiger partial charge in [-0.25, -0.2) is 0 Å². The van der Waals surface area contributed by atoms with Gasteiger partial charge in [-0.3, -0.25) is 0 Å². The van der Waals surface area contributed by atoms with Crippen LogP contribution >= 0.6 is 0 Å². The molecule has 0 N–H and O–H groups in total. The molecule has 0 bridgehead atoms. The predicted molar refractivity (Wildman–Crippen MR) is 64.1 cm³/mol. The molecule has 3 rings (SSSR count).